The fourth-order valence-corrected chi connectivity index (χ4v) is 6.53. The van der Waals surface area contributed by atoms with E-state index in [0.29, 0.717) is 14.1 Å². The Morgan fingerprint density at radius 1 is 1.35 bits per heavy atom. The Morgan fingerprint density at radius 3 is 2.35 bits per heavy atom. The Bertz CT molecular complexity index is 586. The summed E-state index contributed by atoms with van der Waals surface area (Å²) < 4.78 is 27.1. The second-order valence-corrected chi connectivity index (χ2v) is 9.88. The minimum atomic E-state index is -3.84. The average Bonchev–Trinajstić information content (AvgIpc) is 2.63. The first-order valence-corrected chi connectivity index (χ1v) is 9.30. The van der Waals surface area contributed by atoms with Gasteiger partial charge in [0, 0.05) is 13.1 Å². The molecule has 114 valence electrons. The van der Waals surface area contributed by atoms with Gasteiger partial charge in [-0.1, -0.05) is 0 Å². The number of carbonyl (C=O) groups is 1. The first kappa shape index (κ1) is 18.1. The van der Waals surface area contributed by atoms with Gasteiger partial charge in [0.1, 0.15) is 11.4 Å². The number of sulfonamides is 1. The predicted molar refractivity (Wildman–Crippen MR) is 84.7 cm³/mol. The first-order chi connectivity index (χ1) is 9.14. The lowest BCUT2D eigenvalue weighted by atomic mass is 10.5. The minimum absolute atomic E-state index is 0.0781. The number of likely N-dealkylation sites (N-methyl/N-ethyl adjacent to an activating group) is 1. The average molecular weight is 450 g/mol. The number of halogens is 2. The molecule has 1 heterocycles. The maximum atomic E-state index is 12.5. The van der Waals surface area contributed by atoms with E-state index in [4.69, 9.17) is 5.11 Å². The van der Waals surface area contributed by atoms with Gasteiger partial charge in [-0.25, -0.2) is 8.42 Å². The number of aliphatic carboxylic acids is 1. The zero-order valence-electron chi connectivity index (χ0n) is 10.8. The van der Waals surface area contributed by atoms with E-state index in [-0.39, 0.29) is 11.4 Å². The fraction of sp³-hybridized carbons (Fsp3) is 0.500. The molecule has 0 amide bonds. The molecule has 10 heteroatoms. The van der Waals surface area contributed by atoms with Crippen LogP contribution < -0.4 is 0 Å². The minimum Gasteiger partial charge on any atom is -0.480 e. The molecule has 6 nitrogen and oxygen atoms in total. The second-order valence-electron chi connectivity index (χ2n) is 4.22. The molecule has 0 aliphatic rings. The van der Waals surface area contributed by atoms with Crippen LogP contribution in [0.2, 0.25) is 0 Å². The molecule has 20 heavy (non-hydrogen) atoms. The summed E-state index contributed by atoms with van der Waals surface area (Å²) in [7, 11) is -0.254. The molecule has 0 atom stereocenters. The third-order valence-corrected chi connectivity index (χ3v) is 6.95. The molecule has 0 radical (unpaired) electrons. The van der Waals surface area contributed by atoms with Gasteiger partial charge in [-0.2, -0.15) is 4.31 Å². The number of rotatable bonds is 7. The predicted octanol–water partition coefficient (Wildman–Crippen LogP) is 1.91. The van der Waals surface area contributed by atoms with Gasteiger partial charge < -0.3 is 10.0 Å². The maximum Gasteiger partial charge on any atom is 0.318 e. The van der Waals surface area contributed by atoms with Crippen molar-refractivity contribution in [2.24, 2.45) is 0 Å². The number of carboxylic acid groups (broad SMARTS) is 1. The van der Waals surface area contributed by atoms with Crippen LogP contribution in [0.1, 0.15) is 0 Å². The number of hydrogen-bond donors (Lipinski definition) is 1. The molecular formula is C10H14Br2N2O4S2. The summed E-state index contributed by atoms with van der Waals surface area (Å²) in [6.45, 7) is -0.00689. The van der Waals surface area contributed by atoms with Crippen LogP contribution in [0, 0.1) is 0 Å². The molecule has 1 rings (SSSR count). The zero-order chi connectivity index (χ0) is 15.5. The van der Waals surface area contributed by atoms with Crippen molar-refractivity contribution in [1.29, 1.82) is 0 Å². The van der Waals surface area contributed by atoms with Gasteiger partial charge >= 0.3 is 5.97 Å². The van der Waals surface area contributed by atoms with Crippen molar-refractivity contribution < 1.29 is 18.3 Å². The maximum absolute atomic E-state index is 12.5. The van der Waals surface area contributed by atoms with Crippen LogP contribution in [0.25, 0.3) is 0 Å². The van der Waals surface area contributed by atoms with E-state index in [0.717, 1.165) is 4.31 Å². The van der Waals surface area contributed by atoms with Gasteiger partial charge in [0.05, 0.1) is 7.57 Å². The fourth-order valence-electron chi connectivity index (χ4n) is 1.39. The Hall–Kier alpha value is -0.000000000000000333. The van der Waals surface area contributed by atoms with Crippen LogP contribution in [0.5, 0.6) is 0 Å². The topological polar surface area (TPSA) is 77.9 Å². The largest absolute Gasteiger partial charge is 0.480 e. The van der Waals surface area contributed by atoms with E-state index in [1.165, 1.54) is 17.4 Å². The van der Waals surface area contributed by atoms with Crippen LogP contribution in [-0.4, -0.2) is 62.4 Å². The Labute approximate surface area is 138 Å². The summed E-state index contributed by atoms with van der Waals surface area (Å²) in [6, 6.07) is 1.47. The molecule has 0 fully saturated rings. The Kier molecular flexibility index (Phi) is 6.61. The van der Waals surface area contributed by atoms with E-state index >= 15 is 0 Å². The normalized spacial score (nSPS) is 12.3. The van der Waals surface area contributed by atoms with Crippen LogP contribution in [0.15, 0.2) is 18.5 Å². The molecule has 0 bridgehead atoms. The monoisotopic (exact) mass is 448 g/mol. The van der Waals surface area contributed by atoms with Crippen molar-refractivity contribution in [3.05, 3.63) is 13.6 Å². The van der Waals surface area contributed by atoms with Gasteiger partial charge in [0.2, 0.25) is 10.0 Å². The summed E-state index contributed by atoms with van der Waals surface area (Å²) in [6.07, 6.45) is 0. The number of hydrogen-bond acceptors (Lipinski definition) is 5. The second kappa shape index (κ2) is 7.32. The molecule has 1 aromatic rings. The summed E-state index contributed by atoms with van der Waals surface area (Å²) in [5, 5.41) is 8.90. The van der Waals surface area contributed by atoms with E-state index < -0.39 is 22.5 Å². The molecule has 0 spiro atoms. The lowest BCUT2D eigenvalue weighted by molar-refractivity contribution is -0.137. The quantitative estimate of drug-likeness (QED) is 0.687. The molecule has 1 N–H and O–H groups in total. The lowest BCUT2D eigenvalue weighted by Gasteiger charge is -2.21. The summed E-state index contributed by atoms with van der Waals surface area (Å²) in [5.41, 5.74) is 0. The molecule has 0 saturated carbocycles. The molecule has 0 saturated heterocycles. The highest BCUT2D eigenvalue weighted by atomic mass is 79.9. The molecule has 0 aromatic carbocycles. The van der Waals surface area contributed by atoms with Crippen LogP contribution >= 0.6 is 43.2 Å². The highest BCUT2D eigenvalue weighted by molar-refractivity contribution is 9.12. The van der Waals surface area contributed by atoms with Gasteiger partial charge in [0.25, 0.3) is 0 Å². The third-order valence-electron chi connectivity index (χ3n) is 2.35. The van der Waals surface area contributed by atoms with E-state index in [1.54, 1.807) is 19.0 Å². The lowest BCUT2D eigenvalue weighted by Crippen LogP contribution is -2.39. The Morgan fingerprint density at radius 2 is 1.95 bits per heavy atom. The Balaban J connectivity index is 3.10. The zero-order valence-corrected chi connectivity index (χ0v) is 15.6. The van der Waals surface area contributed by atoms with Crippen molar-refractivity contribution in [2.75, 3.05) is 33.7 Å². The molecular weight excluding hydrogens is 436 g/mol. The summed E-state index contributed by atoms with van der Waals surface area (Å²) in [4.78, 5) is 12.8. The van der Waals surface area contributed by atoms with Crippen molar-refractivity contribution in [3.63, 3.8) is 0 Å². The van der Waals surface area contributed by atoms with Crippen LogP contribution in [0.4, 0.5) is 0 Å². The van der Waals surface area contributed by atoms with Crippen molar-refractivity contribution in [1.82, 2.24) is 9.21 Å². The third kappa shape index (κ3) is 4.78. The molecule has 0 unspecified atom stereocenters. The highest BCUT2D eigenvalue weighted by Crippen LogP contribution is 2.36. The van der Waals surface area contributed by atoms with Gasteiger partial charge in [-0.3, -0.25) is 4.79 Å². The first-order valence-electron chi connectivity index (χ1n) is 5.46. The highest BCUT2D eigenvalue weighted by Gasteiger charge is 2.29. The van der Waals surface area contributed by atoms with Gasteiger partial charge in [0.15, 0.2) is 0 Å². The van der Waals surface area contributed by atoms with Crippen molar-refractivity contribution >= 4 is 59.2 Å². The smallest absolute Gasteiger partial charge is 0.318 e. The van der Waals surface area contributed by atoms with Crippen molar-refractivity contribution in [2.45, 2.75) is 4.90 Å². The SMILES string of the molecule is CN(C)CCN(CC(=O)O)S(=O)(=O)c1cc(Br)sc1Br. The number of nitrogens with zero attached hydrogens (tertiary/aromatic N) is 2. The molecule has 0 aliphatic heterocycles. The summed E-state index contributed by atoms with van der Waals surface area (Å²) >= 11 is 7.64. The van der Waals surface area contributed by atoms with E-state index in [1.807, 2.05) is 0 Å². The molecule has 0 aliphatic carbocycles. The van der Waals surface area contributed by atoms with Crippen molar-refractivity contribution in [3.8, 4) is 0 Å². The summed E-state index contributed by atoms with van der Waals surface area (Å²) in [5.74, 6) is -1.18. The van der Waals surface area contributed by atoms with E-state index in [2.05, 4.69) is 31.9 Å². The molecule has 1 aromatic heterocycles. The number of carboxylic acids is 1. The van der Waals surface area contributed by atoms with E-state index in [9.17, 15) is 13.2 Å². The van der Waals surface area contributed by atoms with Gasteiger partial charge in [-0.05, 0) is 52.0 Å². The number of thiophene rings is 1. The standard InChI is InChI=1S/C10H14Br2N2O4S2/c1-13(2)3-4-14(6-9(15)16)20(17,18)7-5-8(11)19-10(7)12/h5H,3-4,6H2,1-2H3,(H,15,16). The van der Waals surface area contributed by atoms with Gasteiger partial charge in [-0.15, -0.1) is 11.3 Å². The van der Waals surface area contributed by atoms with Crippen LogP contribution in [0.3, 0.4) is 0 Å². The van der Waals surface area contributed by atoms with Crippen LogP contribution in [-0.2, 0) is 14.8 Å².